The number of aryl methyl sites for hydroxylation is 1. The van der Waals surface area contributed by atoms with E-state index in [0.717, 1.165) is 11.3 Å². The lowest BCUT2D eigenvalue weighted by Gasteiger charge is -2.36. The van der Waals surface area contributed by atoms with Crippen LogP contribution in [0, 0.1) is 6.92 Å². The van der Waals surface area contributed by atoms with E-state index in [9.17, 15) is 9.59 Å². The third-order valence-electron chi connectivity index (χ3n) is 4.04. The highest BCUT2D eigenvalue weighted by Gasteiger charge is 2.28. The topological polar surface area (TPSA) is 75.9 Å². The van der Waals surface area contributed by atoms with Gasteiger partial charge in [0.15, 0.2) is 6.10 Å². The van der Waals surface area contributed by atoms with Gasteiger partial charge in [-0.25, -0.2) is 0 Å². The van der Waals surface area contributed by atoms with Crippen LogP contribution in [0.4, 0.5) is 0 Å². The molecule has 1 heterocycles. The summed E-state index contributed by atoms with van der Waals surface area (Å²) in [6, 6.07) is 7.13. The highest BCUT2D eigenvalue weighted by molar-refractivity contribution is 5.83. The van der Waals surface area contributed by atoms with Crippen LogP contribution in [0.15, 0.2) is 24.3 Å². The first-order valence-electron chi connectivity index (χ1n) is 7.95. The molecule has 6 nitrogen and oxygen atoms in total. The zero-order valence-electron chi connectivity index (χ0n) is 14.0. The first-order valence-corrected chi connectivity index (χ1v) is 7.95. The van der Waals surface area contributed by atoms with Crippen LogP contribution in [-0.2, 0) is 9.59 Å². The third kappa shape index (κ3) is 4.22. The van der Waals surface area contributed by atoms with Crippen molar-refractivity contribution in [1.82, 2.24) is 9.80 Å². The van der Waals surface area contributed by atoms with Crippen molar-refractivity contribution in [2.75, 3.05) is 26.2 Å². The Hall–Kier alpha value is -2.08. The lowest BCUT2D eigenvalue weighted by Crippen LogP contribution is -2.55. The summed E-state index contributed by atoms with van der Waals surface area (Å²) < 4.78 is 5.78. The number of hydrogen-bond donors (Lipinski definition) is 1. The van der Waals surface area contributed by atoms with E-state index in [2.05, 4.69) is 0 Å². The van der Waals surface area contributed by atoms with Crippen molar-refractivity contribution in [3.05, 3.63) is 29.8 Å². The first-order chi connectivity index (χ1) is 10.9. The molecule has 0 bridgehead atoms. The molecule has 0 spiro atoms. The SMILES string of the molecule is Cc1ccccc1OC(C)C(=O)N1CCN(C(=O)[C@H](C)N)CC1. The number of hydrogen-bond acceptors (Lipinski definition) is 4. The Balaban J connectivity index is 1.89. The average molecular weight is 319 g/mol. The van der Waals surface area contributed by atoms with Crippen LogP contribution < -0.4 is 10.5 Å². The second-order valence-corrected chi connectivity index (χ2v) is 5.96. The molecule has 0 radical (unpaired) electrons. The lowest BCUT2D eigenvalue weighted by atomic mass is 10.2. The maximum Gasteiger partial charge on any atom is 0.263 e. The minimum atomic E-state index is -0.549. The molecule has 2 N–H and O–H groups in total. The Kier molecular flexibility index (Phi) is 5.60. The van der Waals surface area contributed by atoms with E-state index in [1.165, 1.54) is 0 Å². The monoisotopic (exact) mass is 319 g/mol. The average Bonchev–Trinajstić information content (AvgIpc) is 2.55. The van der Waals surface area contributed by atoms with Crippen molar-refractivity contribution in [1.29, 1.82) is 0 Å². The Morgan fingerprint density at radius 3 is 2.09 bits per heavy atom. The summed E-state index contributed by atoms with van der Waals surface area (Å²) >= 11 is 0. The van der Waals surface area contributed by atoms with Gasteiger partial charge in [-0.15, -0.1) is 0 Å². The molecule has 2 amide bonds. The summed E-state index contributed by atoms with van der Waals surface area (Å²) in [5, 5.41) is 0. The van der Waals surface area contributed by atoms with Gasteiger partial charge in [0.2, 0.25) is 5.91 Å². The Labute approximate surface area is 137 Å². The maximum atomic E-state index is 12.5. The highest BCUT2D eigenvalue weighted by atomic mass is 16.5. The number of para-hydroxylation sites is 1. The Morgan fingerprint density at radius 1 is 1.04 bits per heavy atom. The van der Waals surface area contributed by atoms with Gasteiger partial charge in [-0.2, -0.15) is 0 Å². The van der Waals surface area contributed by atoms with E-state index in [4.69, 9.17) is 10.5 Å². The van der Waals surface area contributed by atoms with E-state index in [-0.39, 0.29) is 11.8 Å². The number of nitrogens with zero attached hydrogens (tertiary/aromatic N) is 2. The molecule has 0 aromatic heterocycles. The summed E-state index contributed by atoms with van der Waals surface area (Å²) in [6.07, 6.45) is -0.549. The number of nitrogens with two attached hydrogens (primary N) is 1. The van der Waals surface area contributed by atoms with Crippen molar-refractivity contribution in [3.63, 3.8) is 0 Å². The Morgan fingerprint density at radius 2 is 1.57 bits per heavy atom. The second kappa shape index (κ2) is 7.46. The van der Waals surface area contributed by atoms with Crippen LogP contribution in [0.25, 0.3) is 0 Å². The van der Waals surface area contributed by atoms with Gasteiger partial charge in [-0.1, -0.05) is 18.2 Å². The standard InChI is InChI=1S/C17H25N3O3/c1-12-6-4-5-7-15(12)23-14(3)17(22)20-10-8-19(9-11-20)16(21)13(2)18/h4-7,13-14H,8-11,18H2,1-3H3/t13-,14?/m0/s1. The lowest BCUT2D eigenvalue weighted by molar-refractivity contribution is -0.144. The minimum absolute atomic E-state index is 0.0545. The van der Waals surface area contributed by atoms with Gasteiger partial charge in [-0.05, 0) is 32.4 Å². The summed E-state index contributed by atoms with van der Waals surface area (Å²) in [7, 11) is 0. The largest absolute Gasteiger partial charge is 0.481 e. The van der Waals surface area contributed by atoms with Gasteiger partial charge in [-0.3, -0.25) is 9.59 Å². The molecule has 126 valence electrons. The fourth-order valence-corrected chi connectivity index (χ4v) is 2.62. The van der Waals surface area contributed by atoms with Crippen molar-refractivity contribution >= 4 is 11.8 Å². The van der Waals surface area contributed by atoms with Gasteiger partial charge < -0.3 is 20.3 Å². The normalized spacial score (nSPS) is 17.6. The van der Waals surface area contributed by atoms with E-state index < -0.39 is 12.1 Å². The minimum Gasteiger partial charge on any atom is -0.481 e. The second-order valence-electron chi connectivity index (χ2n) is 5.96. The third-order valence-corrected chi connectivity index (χ3v) is 4.04. The molecule has 0 aliphatic carbocycles. The molecule has 1 aliphatic rings. The molecule has 1 unspecified atom stereocenters. The molecule has 2 atom stereocenters. The van der Waals surface area contributed by atoms with E-state index in [0.29, 0.717) is 26.2 Å². The summed E-state index contributed by atoms with van der Waals surface area (Å²) in [4.78, 5) is 27.8. The number of piperazine rings is 1. The molecule has 23 heavy (non-hydrogen) atoms. The number of rotatable bonds is 4. The molecule has 1 saturated heterocycles. The molecular weight excluding hydrogens is 294 g/mol. The fraction of sp³-hybridized carbons (Fsp3) is 0.529. The predicted molar refractivity (Wildman–Crippen MR) is 88.1 cm³/mol. The van der Waals surface area contributed by atoms with Crippen molar-refractivity contribution in [2.24, 2.45) is 5.73 Å². The fourth-order valence-electron chi connectivity index (χ4n) is 2.62. The smallest absolute Gasteiger partial charge is 0.263 e. The summed E-state index contributed by atoms with van der Waals surface area (Å²) in [6.45, 7) is 7.45. The molecule has 0 saturated carbocycles. The number of carbonyl (C=O) groups is 2. The zero-order chi connectivity index (χ0) is 17.0. The molecular formula is C17H25N3O3. The van der Waals surface area contributed by atoms with Crippen LogP contribution in [0.3, 0.4) is 0 Å². The quantitative estimate of drug-likeness (QED) is 0.890. The molecule has 6 heteroatoms. The van der Waals surface area contributed by atoms with Crippen LogP contribution in [0.2, 0.25) is 0 Å². The maximum absolute atomic E-state index is 12.5. The molecule has 2 rings (SSSR count). The molecule has 1 aliphatic heterocycles. The molecule has 1 fully saturated rings. The summed E-state index contributed by atoms with van der Waals surface area (Å²) in [5.41, 5.74) is 6.62. The van der Waals surface area contributed by atoms with E-state index in [1.807, 2.05) is 31.2 Å². The van der Waals surface area contributed by atoms with Crippen LogP contribution >= 0.6 is 0 Å². The van der Waals surface area contributed by atoms with Gasteiger partial charge in [0, 0.05) is 26.2 Å². The molecule has 1 aromatic carbocycles. The van der Waals surface area contributed by atoms with Gasteiger partial charge >= 0.3 is 0 Å². The number of benzene rings is 1. The van der Waals surface area contributed by atoms with Crippen LogP contribution in [0.5, 0.6) is 5.75 Å². The zero-order valence-corrected chi connectivity index (χ0v) is 14.0. The Bertz CT molecular complexity index is 566. The van der Waals surface area contributed by atoms with E-state index in [1.54, 1.807) is 23.6 Å². The van der Waals surface area contributed by atoms with Crippen LogP contribution in [-0.4, -0.2) is 59.9 Å². The van der Waals surface area contributed by atoms with Gasteiger partial charge in [0.05, 0.1) is 6.04 Å². The first kappa shape index (κ1) is 17.3. The number of carbonyl (C=O) groups excluding carboxylic acids is 2. The van der Waals surface area contributed by atoms with Crippen molar-refractivity contribution in [3.8, 4) is 5.75 Å². The van der Waals surface area contributed by atoms with Gasteiger partial charge in [0.25, 0.3) is 5.91 Å². The predicted octanol–water partition coefficient (Wildman–Crippen LogP) is 0.780. The van der Waals surface area contributed by atoms with Crippen molar-refractivity contribution in [2.45, 2.75) is 32.9 Å². The summed E-state index contributed by atoms with van der Waals surface area (Å²) in [5.74, 6) is 0.599. The van der Waals surface area contributed by atoms with E-state index >= 15 is 0 Å². The van der Waals surface area contributed by atoms with Crippen molar-refractivity contribution < 1.29 is 14.3 Å². The number of amides is 2. The van der Waals surface area contributed by atoms with Gasteiger partial charge in [0.1, 0.15) is 5.75 Å². The number of ether oxygens (including phenoxy) is 1. The molecule has 1 aromatic rings. The van der Waals surface area contributed by atoms with Crippen LogP contribution in [0.1, 0.15) is 19.4 Å². The highest BCUT2D eigenvalue weighted by Crippen LogP contribution is 2.18.